The van der Waals surface area contributed by atoms with Crippen LogP contribution in [0.4, 0.5) is 10.5 Å². The van der Waals surface area contributed by atoms with Gasteiger partial charge in [0.1, 0.15) is 0 Å². The highest BCUT2D eigenvalue weighted by Gasteiger charge is 2.12. The summed E-state index contributed by atoms with van der Waals surface area (Å²) in [5.74, 6) is 0. The number of urea groups is 1. The number of nitrogens with one attached hydrogen (secondary N) is 2. The van der Waals surface area contributed by atoms with Gasteiger partial charge < -0.3 is 10.6 Å². The molecule has 0 aliphatic carbocycles. The fraction of sp³-hybridized carbons (Fsp3) is 0.438. The molecule has 0 atom stereocenters. The van der Waals surface area contributed by atoms with Crippen molar-refractivity contribution in [1.29, 1.82) is 0 Å². The number of aryl methyl sites for hydroxylation is 2. The van der Waals surface area contributed by atoms with E-state index in [4.69, 9.17) is 0 Å². The number of rotatable bonds is 2. The second-order valence-corrected chi connectivity index (χ2v) is 6.47. The van der Waals surface area contributed by atoms with Crippen LogP contribution in [0.25, 0.3) is 11.0 Å². The molecule has 5 nitrogen and oxygen atoms in total. The fourth-order valence-electron chi connectivity index (χ4n) is 1.83. The first kappa shape index (κ1) is 15.2. The number of nitrogens with zero attached hydrogens (tertiary/aromatic N) is 2. The molecule has 0 aliphatic rings. The lowest BCUT2D eigenvalue weighted by Gasteiger charge is -2.19. The smallest absolute Gasteiger partial charge is 0.319 e. The third-order valence-electron chi connectivity index (χ3n) is 3.11. The van der Waals surface area contributed by atoms with Gasteiger partial charge in [0.05, 0.1) is 22.4 Å². The Morgan fingerprint density at radius 2 is 1.71 bits per heavy atom. The normalized spacial score (nSPS) is 11.5. The van der Waals surface area contributed by atoms with Gasteiger partial charge in [-0.05, 0) is 37.5 Å². The van der Waals surface area contributed by atoms with Crippen molar-refractivity contribution < 1.29 is 4.79 Å². The predicted octanol–water partition coefficient (Wildman–Crippen LogP) is 3.41. The molecule has 0 saturated carbocycles. The fourth-order valence-corrected chi connectivity index (χ4v) is 1.83. The van der Waals surface area contributed by atoms with Crippen molar-refractivity contribution in [3.8, 4) is 0 Å². The summed E-state index contributed by atoms with van der Waals surface area (Å²) in [5, 5.41) is 5.68. The Hall–Kier alpha value is -2.17. The van der Waals surface area contributed by atoms with Crippen molar-refractivity contribution in [1.82, 2.24) is 15.3 Å². The molecule has 0 bridgehead atoms. The zero-order valence-corrected chi connectivity index (χ0v) is 13.2. The molecule has 2 rings (SSSR count). The zero-order valence-electron chi connectivity index (χ0n) is 13.2. The van der Waals surface area contributed by atoms with Gasteiger partial charge >= 0.3 is 6.03 Å². The van der Waals surface area contributed by atoms with Crippen molar-refractivity contribution in [2.45, 2.75) is 34.6 Å². The zero-order chi connectivity index (χ0) is 15.6. The van der Waals surface area contributed by atoms with E-state index in [1.807, 2.05) is 32.0 Å². The van der Waals surface area contributed by atoms with E-state index in [-0.39, 0.29) is 11.4 Å². The van der Waals surface area contributed by atoms with Crippen molar-refractivity contribution in [2.75, 3.05) is 11.9 Å². The third-order valence-corrected chi connectivity index (χ3v) is 3.11. The molecule has 1 aromatic heterocycles. The maximum absolute atomic E-state index is 11.9. The van der Waals surface area contributed by atoms with Crippen molar-refractivity contribution in [3.63, 3.8) is 0 Å². The monoisotopic (exact) mass is 286 g/mol. The van der Waals surface area contributed by atoms with Crippen LogP contribution in [-0.4, -0.2) is 22.5 Å². The Morgan fingerprint density at radius 1 is 1.10 bits per heavy atom. The SMILES string of the molecule is Cc1nc2ccc(NC(=O)NCC(C)(C)C)cc2nc1C. The molecule has 2 aromatic rings. The molecule has 2 N–H and O–H groups in total. The van der Waals surface area contributed by atoms with Crippen LogP contribution >= 0.6 is 0 Å². The number of aromatic nitrogens is 2. The minimum Gasteiger partial charge on any atom is -0.337 e. The molecular weight excluding hydrogens is 264 g/mol. The van der Waals surface area contributed by atoms with Crippen molar-refractivity contribution >= 4 is 22.8 Å². The number of benzene rings is 1. The molecule has 112 valence electrons. The number of amides is 2. The summed E-state index contributed by atoms with van der Waals surface area (Å²) in [6, 6.07) is 5.34. The van der Waals surface area contributed by atoms with Crippen LogP contribution < -0.4 is 10.6 Å². The van der Waals surface area contributed by atoms with E-state index >= 15 is 0 Å². The molecule has 0 unspecified atom stereocenters. The lowest BCUT2D eigenvalue weighted by Crippen LogP contribution is -2.35. The third kappa shape index (κ3) is 4.15. The molecule has 1 aromatic carbocycles. The van der Waals surface area contributed by atoms with Crippen LogP contribution in [0, 0.1) is 19.3 Å². The largest absolute Gasteiger partial charge is 0.337 e. The standard InChI is InChI=1S/C16H22N4O/c1-10-11(2)19-14-8-12(6-7-13(14)18-10)20-15(21)17-9-16(3,4)5/h6-8H,9H2,1-5H3,(H2,17,20,21). The second-order valence-electron chi connectivity index (χ2n) is 6.47. The second kappa shape index (κ2) is 5.68. The van der Waals surface area contributed by atoms with Crippen LogP contribution in [0.15, 0.2) is 18.2 Å². The number of hydrogen-bond acceptors (Lipinski definition) is 3. The van der Waals surface area contributed by atoms with Crippen molar-refractivity contribution in [2.24, 2.45) is 5.41 Å². The number of carbonyl (C=O) groups is 1. The van der Waals surface area contributed by atoms with E-state index in [1.54, 1.807) is 0 Å². The van der Waals surface area contributed by atoms with Gasteiger partial charge in [0.15, 0.2) is 0 Å². The summed E-state index contributed by atoms with van der Waals surface area (Å²) in [6.07, 6.45) is 0. The van der Waals surface area contributed by atoms with Crippen molar-refractivity contribution in [3.05, 3.63) is 29.6 Å². The predicted molar refractivity (Wildman–Crippen MR) is 85.5 cm³/mol. The number of fused-ring (bicyclic) bond motifs is 1. The highest BCUT2D eigenvalue weighted by Crippen LogP contribution is 2.17. The Bertz CT molecular complexity index is 674. The van der Waals surface area contributed by atoms with Crippen LogP contribution in [0.2, 0.25) is 0 Å². The molecular formula is C16H22N4O. The van der Waals surface area contributed by atoms with Gasteiger partial charge in [0, 0.05) is 12.2 Å². The van der Waals surface area contributed by atoms with E-state index in [0.29, 0.717) is 12.2 Å². The maximum Gasteiger partial charge on any atom is 0.319 e. The van der Waals surface area contributed by atoms with Gasteiger partial charge in [-0.25, -0.2) is 14.8 Å². The molecule has 21 heavy (non-hydrogen) atoms. The van der Waals surface area contributed by atoms with E-state index in [2.05, 4.69) is 41.4 Å². The summed E-state index contributed by atoms with van der Waals surface area (Å²) in [4.78, 5) is 20.8. The maximum atomic E-state index is 11.9. The Kier molecular flexibility index (Phi) is 4.11. The number of hydrogen-bond donors (Lipinski definition) is 2. The highest BCUT2D eigenvalue weighted by molar-refractivity contribution is 5.91. The van der Waals surface area contributed by atoms with Gasteiger partial charge in [-0.2, -0.15) is 0 Å². The molecule has 1 heterocycles. The summed E-state index contributed by atoms with van der Waals surface area (Å²) in [7, 11) is 0. The van der Waals surface area contributed by atoms with Crippen LogP contribution in [0.5, 0.6) is 0 Å². The van der Waals surface area contributed by atoms with Crippen LogP contribution in [0.1, 0.15) is 32.2 Å². The summed E-state index contributed by atoms with van der Waals surface area (Å²) in [6.45, 7) is 10.7. The van der Waals surface area contributed by atoms with E-state index in [9.17, 15) is 4.79 Å². The molecule has 0 radical (unpaired) electrons. The first-order valence-electron chi connectivity index (χ1n) is 7.04. The number of anilines is 1. The Balaban J connectivity index is 2.12. The molecule has 0 saturated heterocycles. The summed E-state index contributed by atoms with van der Waals surface area (Å²) in [5.41, 5.74) is 4.21. The van der Waals surface area contributed by atoms with Crippen LogP contribution in [0.3, 0.4) is 0 Å². The van der Waals surface area contributed by atoms with E-state index < -0.39 is 0 Å². The first-order valence-corrected chi connectivity index (χ1v) is 7.04. The van der Waals surface area contributed by atoms with Crippen LogP contribution in [-0.2, 0) is 0 Å². The first-order chi connectivity index (χ1) is 9.74. The van der Waals surface area contributed by atoms with E-state index in [1.165, 1.54) is 0 Å². The average Bonchev–Trinajstić information content (AvgIpc) is 2.37. The van der Waals surface area contributed by atoms with Gasteiger partial charge in [-0.15, -0.1) is 0 Å². The average molecular weight is 286 g/mol. The molecule has 0 aliphatic heterocycles. The summed E-state index contributed by atoms with van der Waals surface area (Å²) >= 11 is 0. The minimum absolute atomic E-state index is 0.0564. The van der Waals surface area contributed by atoms with Gasteiger partial charge in [0.2, 0.25) is 0 Å². The molecule has 0 spiro atoms. The quantitative estimate of drug-likeness (QED) is 0.889. The Labute approximate surface area is 125 Å². The van der Waals surface area contributed by atoms with Gasteiger partial charge in [-0.3, -0.25) is 0 Å². The molecule has 2 amide bonds. The lowest BCUT2D eigenvalue weighted by molar-refractivity contribution is 0.247. The topological polar surface area (TPSA) is 66.9 Å². The molecule has 0 fully saturated rings. The van der Waals surface area contributed by atoms with E-state index in [0.717, 1.165) is 22.4 Å². The number of carbonyl (C=O) groups excluding carboxylic acids is 1. The van der Waals surface area contributed by atoms with Gasteiger partial charge in [-0.1, -0.05) is 20.8 Å². The Morgan fingerprint density at radius 3 is 2.33 bits per heavy atom. The highest BCUT2D eigenvalue weighted by atomic mass is 16.2. The summed E-state index contributed by atoms with van der Waals surface area (Å²) < 4.78 is 0. The minimum atomic E-state index is -0.207. The molecule has 5 heteroatoms. The van der Waals surface area contributed by atoms with Gasteiger partial charge in [0.25, 0.3) is 0 Å². The lowest BCUT2D eigenvalue weighted by atomic mass is 9.97.